The maximum atomic E-state index is 5.76. The normalized spacial score (nSPS) is 11.7. The van der Waals surface area contributed by atoms with Crippen LogP contribution in [0.1, 0.15) is 91.5 Å². The van der Waals surface area contributed by atoms with Gasteiger partial charge in [-0.05, 0) is 164 Å². The predicted molar refractivity (Wildman–Crippen MR) is 434 cm³/mol. The van der Waals surface area contributed by atoms with Crippen LogP contribution in [0.2, 0.25) is 0 Å². The molecule has 0 radical (unpaired) electrons. The van der Waals surface area contributed by atoms with Crippen molar-refractivity contribution in [3.05, 3.63) is 431 Å². The van der Waals surface area contributed by atoms with Gasteiger partial charge in [0.1, 0.15) is 0 Å². The predicted octanol–water partition coefficient (Wildman–Crippen LogP) is 24.1. The molecule has 498 valence electrons. The molecule has 6 N–H and O–H groups in total. The van der Waals surface area contributed by atoms with Crippen molar-refractivity contribution < 1.29 is 0 Å². The number of anilines is 4. The lowest BCUT2D eigenvalue weighted by molar-refractivity contribution is 0.939. The zero-order valence-corrected chi connectivity index (χ0v) is 57.2. The average Bonchev–Trinajstić information content (AvgIpc) is 1.58. The largest absolute Gasteiger partial charge is 0.374 e. The fourth-order valence-corrected chi connectivity index (χ4v) is 14.6. The van der Waals surface area contributed by atoms with Crippen LogP contribution in [-0.4, -0.2) is 19.9 Å². The molecule has 2 aliphatic heterocycles. The van der Waals surface area contributed by atoms with E-state index in [4.69, 9.17) is 9.97 Å². The van der Waals surface area contributed by atoms with Crippen LogP contribution in [0.4, 0.5) is 22.7 Å². The van der Waals surface area contributed by atoms with Gasteiger partial charge in [-0.2, -0.15) is 0 Å². The van der Waals surface area contributed by atoms with E-state index in [1.165, 1.54) is 44.5 Å². The Morgan fingerprint density at radius 1 is 0.183 bits per heavy atom. The third-order valence-electron chi connectivity index (χ3n) is 19.8. The summed E-state index contributed by atoms with van der Waals surface area (Å²) in [5, 5.41) is 15.6. The van der Waals surface area contributed by atoms with Crippen molar-refractivity contribution in [2.24, 2.45) is 0 Å². The molecule has 17 rings (SSSR count). The fourth-order valence-electron chi connectivity index (χ4n) is 14.6. The van der Waals surface area contributed by atoms with Crippen molar-refractivity contribution in [1.82, 2.24) is 19.9 Å². The van der Waals surface area contributed by atoms with Crippen LogP contribution in [0.25, 0.3) is 90.9 Å². The highest BCUT2D eigenvalue weighted by Crippen LogP contribution is 2.42. The van der Waals surface area contributed by atoms with Gasteiger partial charge in [-0.3, -0.25) is 0 Å². The van der Waals surface area contributed by atoms with Crippen molar-refractivity contribution >= 4 is 69.1 Å². The number of hydrogen-bond donors (Lipinski definition) is 6. The molecule has 8 heteroatoms. The van der Waals surface area contributed by atoms with Gasteiger partial charge in [-0.1, -0.05) is 291 Å². The van der Waals surface area contributed by atoms with Crippen LogP contribution in [0, 0.1) is 0 Å². The number of aromatic nitrogens is 4. The van der Waals surface area contributed by atoms with Gasteiger partial charge >= 0.3 is 0 Å². The van der Waals surface area contributed by atoms with E-state index in [1.807, 2.05) is 0 Å². The molecule has 0 spiro atoms. The lowest BCUT2D eigenvalue weighted by Gasteiger charge is -2.21. The molecule has 8 nitrogen and oxygen atoms in total. The number of nitrogens with one attached hydrogen (secondary N) is 6. The summed E-state index contributed by atoms with van der Waals surface area (Å²) in [6.45, 7) is 0. The first-order valence-corrected chi connectivity index (χ1v) is 35.6. The molecule has 0 aliphatic carbocycles. The molecule has 2 aliphatic rings. The number of aromatic amines is 2. The number of nitrogens with zero attached hydrogens (tertiary/aromatic N) is 2. The van der Waals surface area contributed by atoms with Crippen LogP contribution >= 0.6 is 0 Å². The molecule has 104 heavy (non-hydrogen) atoms. The van der Waals surface area contributed by atoms with E-state index < -0.39 is 0 Å². The Balaban J connectivity index is 0.849. The third kappa shape index (κ3) is 13.7. The van der Waals surface area contributed by atoms with Crippen molar-refractivity contribution in [1.29, 1.82) is 0 Å². The van der Waals surface area contributed by atoms with Crippen LogP contribution in [-0.2, 0) is 0 Å². The summed E-state index contributed by atoms with van der Waals surface area (Å²) in [6.07, 6.45) is 8.69. The Kier molecular flexibility index (Phi) is 18.0. The molecular weight excluding hydrogens is 1270 g/mol. The van der Waals surface area contributed by atoms with E-state index in [0.29, 0.717) is 0 Å². The monoisotopic (exact) mass is 1340 g/mol. The summed E-state index contributed by atoms with van der Waals surface area (Å²) >= 11 is 0. The topological polar surface area (TPSA) is 105 Å². The molecule has 0 saturated heterocycles. The fraction of sp³-hybridized carbons (Fsp3) is 0.0417. The number of H-pyrrole nitrogens is 2. The Hall–Kier alpha value is -13.6. The molecule has 8 bridgehead atoms. The second-order valence-electron chi connectivity index (χ2n) is 26.4. The van der Waals surface area contributed by atoms with Crippen molar-refractivity contribution in [3.63, 3.8) is 0 Å². The summed E-state index contributed by atoms with van der Waals surface area (Å²) in [5.41, 5.74) is 28.2. The average molecular weight is 1340 g/mol. The summed E-state index contributed by atoms with van der Waals surface area (Å²) < 4.78 is 0. The molecule has 0 saturated carbocycles. The Bertz CT molecular complexity index is 4810. The van der Waals surface area contributed by atoms with Gasteiger partial charge in [0.05, 0.1) is 46.9 Å². The van der Waals surface area contributed by atoms with Gasteiger partial charge < -0.3 is 31.2 Å². The first-order chi connectivity index (χ1) is 51.5. The molecule has 0 amide bonds. The van der Waals surface area contributed by atoms with E-state index in [9.17, 15) is 0 Å². The number of benzene rings is 12. The Morgan fingerprint density at radius 2 is 0.346 bits per heavy atom. The number of fused-ring (bicyclic) bond motifs is 8. The zero-order chi connectivity index (χ0) is 69.4. The summed E-state index contributed by atoms with van der Waals surface area (Å²) in [5.74, 6) is 0. The van der Waals surface area contributed by atoms with Crippen molar-refractivity contribution in [2.45, 2.75) is 24.2 Å². The Labute approximate surface area is 606 Å². The number of hydrogen-bond acceptors (Lipinski definition) is 6. The molecule has 0 unspecified atom stereocenters. The van der Waals surface area contributed by atoms with E-state index in [-0.39, 0.29) is 24.2 Å². The van der Waals surface area contributed by atoms with Gasteiger partial charge in [-0.15, -0.1) is 0 Å². The van der Waals surface area contributed by atoms with Crippen molar-refractivity contribution in [2.75, 3.05) is 21.3 Å². The number of rotatable bonds is 20. The smallest absolute Gasteiger partial charge is 0.0767 e. The van der Waals surface area contributed by atoms with E-state index in [1.54, 1.807) is 0 Å². The lowest BCUT2D eigenvalue weighted by Crippen LogP contribution is -2.12. The molecule has 0 atom stereocenters. The zero-order valence-electron chi connectivity index (χ0n) is 57.2. The van der Waals surface area contributed by atoms with Crippen LogP contribution < -0.4 is 21.3 Å². The lowest BCUT2D eigenvalue weighted by atomic mass is 9.98. The van der Waals surface area contributed by atoms with E-state index in [2.05, 4.69) is 420 Å². The SMILES string of the molecule is C1=Cc2nc1c(-c1ccc(NC(c3ccccc3)c3ccccc3)cc1)c1ccc([nH]1)c(-c1ccc(NC(c3ccccc3)c3ccccc3)cc1)c1nc(c(-c3ccc(NC(c4ccccc4)c4ccccc4)cc3)c3ccc([nH]3)c2-c2ccc(NC(c3ccccc3)c3ccccc3)cc2)C=C1. The van der Waals surface area contributed by atoms with E-state index in [0.717, 1.165) is 112 Å². The van der Waals surface area contributed by atoms with Gasteiger partial charge in [0.15, 0.2) is 0 Å². The highest BCUT2D eigenvalue weighted by Gasteiger charge is 2.23. The highest BCUT2D eigenvalue weighted by atomic mass is 14.9. The quantitative estimate of drug-likeness (QED) is 0.0454. The van der Waals surface area contributed by atoms with Gasteiger partial charge in [0.2, 0.25) is 0 Å². The summed E-state index contributed by atoms with van der Waals surface area (Å²) in [7, 11) is 0. The second-order valence-corrected chi connectivity index (χ2v) is 26.4. The maximum Gasteiger partial charge on any atom is 0.0767 e. The maximum absolute atomic E-state index is 5.76. The molecule has 3 aromatic heterocycles. The molecule has 15 aromatic rings. The van der Waals surface area contributed by atoms with Gasteiger partial charge in [0.25, 0.3) is 0 Å². The minimum absolute atomic E-state index is 0.0708. The van der Waals surface area contributed by atoms with Gasteiger partial charge in [0, 0.05) is 67.1 Å². The van der Waals surface area contributed by atoms with Gasteiger partial charge in [-0.25, -0.2) is 9.97 Å². The standard InChI is InChI=1S/C96H74N8/c1-9-25-69(26-10-1)93(70-27-11-2-12-28-70)97-77-49-41-65(42-50-77)89-81-57-59-83(101-81)90(66-43-51-78(52-44-66)98-94(71-29-13-3-14-30-71)72-31-15-4-16-32-72)85-61-63-87(103-85)92(68-47-55-80(56-48-68)100-96(75-37-21-7-22-38-75)76-39-23-8-24-40-76)88-64-62-86(104-88)91(84-60-58-82(89)102-84)67-45-53-79(54-46-67)99-95(73-33-17-5-18-34-73)74-35-19-6-20-36-74/h1-64,93-101,104H. The molecule has 5 heterocycles. The van der Waals surface area contributed by atoms with Crippen LogP contribution in [0.3, 0.4) is 0 Å². The summed E-state index contributed by atoms with van der Waals surface area (Å²) in [6, 6.07) is 129. The first-order valence-electron chi connectivity index (χ1n) is 35.6. The minimum atomic E-state index is -0.0708. The highest BCUT2D eigenvalue weighted by molar-refractivity contribution is 6.00. The third-order valence-corrected chi connectivity index (χ3v) is 19.8. The first kappa shape index (κ1) is 63.9. The van der Waals surface area contributed by atoms with Crippen LogP contribution in [0.5, 0.6) is 0 Å². The van der Waals surface area contributed by atoms with Crippen LogP contribution in [0.15, 0.2) is 364 Å². The Morgan fingerprint density at radius 3 is 0.510 bits per heavy atom. The minimum Gasteiger partial charge on any atom is -0.374 e. The van der Waals surface area contributed by atoms with Crippen molar-refractivity contribution in [3.8, 4) is 44.5 Å². The van der Waals surface area contributed by atoms with E-state index >= 15 is 0 Å². The second kappa shape index (κ2) is 29.3. The molecular formula is C96H74N8. The molecule has 0 fully saturated rings. The molecule has 12 aromatic carbocycles. The summed E-state index contributed by atoms with van der Waals surface area (Å²) in [4.78, 5) is 19.6.